The zero-order valence-electron chi connectivity index (χ0n) is 19.4. The first kappa shape index (κ1) is 23.7. The van der Waals surface area contributed by atoms with Crippen LogP contribution < -0.4 is 4.52 Å². The molecule has 180 valence electrons. The van der Waals surface area contributed by atoms with Gasteiger partial charge in [-0.15, -0.1) is 11.6 Å². The molecule has 0 saturated carbocycles. The van der Waals surface area contributed by atoms with E-state index < -0.39 is 14.3 Å². The van der Waals surface area contributed by atoms with Crippen LogP contribution in [0.5, 0.6) is 0 Å². The number of halogens is 1. The SMILES string of the molecule is CCOC(=O)CC(CCCCl)Op1oc2ccc3ccccc3c2c2c(ccc3ccccc32)o1. The number of carbonyl (C=O) groups is 1. The molecule has 1 atom stereocenters. The second kappa shape index (κ2) is 10.7. The van der Waals surface area contributed by atoms with Crippen molar-refractivity contribution in [2.24, 2.45) is 0 Å². The molecule has 0 aliphatic rings. The van der Waals surface area contributed by atoms with Gasteiger partial charge in [0.05, 0.1) is 19.1 Å². The lowest BCUT2D eigenvalue weighted by atomic mass is 9.99. The molecule has 5 nitrogen and oxygen atoms in total. The first-order valence-corrected chi connectivity index (χ1v) is 13.4. The van der Waals surface area contributed by atoms with E-state index in [1.807, 2.05) is 48.5 Å². The van der Waals surface area contributed by atoms with Crippen LogP contribution in [0.1, 0.15) is 26.2 Å². The maximum Gasteiger partial charge on any atom is 0.387 e. The van der Waals surface area contributed by atoms with Crippen LogP contribution in [-0.2, 0) is 9.53 Å². The molecule has 4 aromatic carbocycles. The van der Waals surface area contributed by atoms with Gasteiger partial charge in [0.1, 0.15) is 11.2 Å². The zero-order valence-corrected chi connectivity index (χ0v) is 21.1. The molecule has 35 heavy (non-hydrogen) atoms. The summed E-state index contributed by atoms with van der Waals surface area (Å²) >= 11 is 5.93. The summed E-state index contributed by atoms with van der Waals surface area (Å²) in [5.41, 5.74) is 1.38. The minimum absolute atomic E-state index is 0.117. The quantitative estimate of drug-likeness (QED) is 0.156. The van der Waals surface area contributed by atoms with Gasteiger partial charge in [0.2, 0.25) is 0 Å². The molecule has 0 fully saturated rings. The molecule has 0 amide bonds. The van der Waals surface area contributed by atoms with Crippen LogP contribution in [0.15, 0.2) is 81.2 Å². The molecular weight excluding hydrogens is 483 g/mol. The number of esters is 1. The molecule has 0 bridgehead atoms. The fourth-order valence-corrected chi connectivity index (χ4v) is 5.74. The molecule has 0 saturated heterocycles. The monoisotopic (exact) mass is 508 g/mol. The Morgan fingerprint density at radius 2 is 1.46 bits per heavy atom. The topological polar surface area (TPSA) is 61.8 Å². The lowest BCUT2D eigenvalue weighted by molar-refractivity contribution is -0.144. The third kappa shape index (κ3) is 5.04. The number of hydrogen-bond donors (Lipinski definition) is 0. The van der Waals surface area contributed by atoms with Crippen molar-refractivity contribution in [2.75, 3.05) is 12.5 Å². The number of carbonyl (C=O) groups excluding carboxylic acids is 1. The molecule has 0 aliphatic carbocycles. The summed E-state index contributed by atoms with van der Waals surface area (Å²) in [6.45, 7) is 2.11. The van der Waals surface area contributed by atoms with Crippen molar-refractivity contribution in [1.29, 1.82) is 0 Å². The Balaban J connectivity index is 1.75. The standard InChI is InChI=1S/C28H26ClO5P/c1-2-31-26(30)18-21(10-7-17-29)32-35-33-24-15-13-19-8-3-5-11-22(19)27(24)28-23-12-6-4-9-20(23)14-16-25(28)34-35/h3-6,8-9,11-16,21H,2,7,10,17-18H2,1H3. The molecule has 0 N–H and O–H groups in total. The average molecular weight is 509 g/mol. The third-order valence-electron chi connectivity index (χ3n) is 5.97. The van der Waals surface area contributed by atoms with Crippen molar-refractivity contribution < 1.29 is 22.4 Å². The van der Waals surface area contributed by atoms with Gasteiger partial charge in [-0.1, -0.05) is 60.7 Å². The summed E-state index contributed by atoms with van der Waals surface area (Å²) < 4.78 is 24.2. The average Bonchev–Trinajstić information content (AvgIpc) is 3.04. The van der Waals surface area contributed by atoms with Gasteiger partial charge in [0.15, 0.2) is 0 Å². The van der Waals surface area contributed by atoms with Crippen LogP contribution in [0.25, 0.3) is 43.5 Å². The fraction of sp³-hybridized carbons (Fsp3) is 0.250. The molecule has 7 heteroatoms. The summed E-state index contributed by atoms with van der Waals surface area (Å²) in [6, 6.07) is 24.5. The fourth-order valence-electron chi connectivity index (χ4n) is 4.42. The summed E-state index contributed by atoms with van der Waals surface area (Å²) in [7, 11) is -1.83. The maximum atomic E-state index is 12.2. The Morgan fingerprint density at radius 3 is 2.00 bits per heavy atom. The van der Waals surface area contributed by atoms with Crippen LogP contribution in [-0.4, -0.2) is 24.6 Å². The molecule has 1 aromatic heterocycles. The maximum absolute atomic E-state index is 12.2. The first-order chi connectivity index (χ1) is 17.2. The number of ether oxygens (including phenoxy) is 1. The highest BCUT2D eigenvalue weighted by molar-refractivity contribution is 7.31. The molecular formula is C28H26ClO5P. The van der Waals surface area contributed by atoms with Gasteiger partial charge in [-0.2, -0.15) is 0 Å². The predicted octanol–water partition coefficient (Wildman–Crippen LogP) is 8.37. The van der Waals surface area contributed by atoms with Crippen LogP contribution in [0, 0.1) is 0 Å². The summed E-state index contributed by atoms with van der Waals surface area (Å²) in [5, 5.41) is 6.34. The molecule has 1 unspecified atom stereocenters. The highest BCUT2D eigenvalue weighted by Crippen LogP contribution is 2.40. The number of benzene rings is 4. The minimum atomic E-state index is -1.83. The number of hydrogen-bond acceptors (Lipinski definition) is 5. The van der Waals surface area contributed by atoms with E-state index in [1.165, 1.54) is 0 Å². The highest BCUT2D eigenvalue weighted by Gasteiger charge is 2.20. The van der Waals surface area contributed by atoms with Crippen LogP contribution >= 0.6 is 19.8 Å². The van der Waals surface area contributed by atoms with E-state index in [4.69, 9.17) is 29.3 Å². The lowest BCUT2D eigenvalue weighted by Crippen LogP contribution is -2.21. The van der Waals surface area contributed by atoms with E-state index in [-0.39, 0.29) is 12.4 Å². The van der Waals surface area contributed by atoms with Crippen molar-refractivity contribution in [3.05, 3.63) is 72.8 Å². The van der Waals surface area contributed by atoms with Gasteiger partial charge in [-0.05, 0) is 53.4 Å². The van der Waals surface area contributed by atoms with Crippen molar-refractivity contribution in [3.8, 4) is 0 Å². The van der Waals surface area contributed by atoms with E-state index in [1.54, 1.807) is 6.92 Å². The Hall–Kier alpha value is -2.98. The van der Waals surface area contributed by atoms with Crippen LogP contribution in [0.3, 0.4) is 0 Å². The Labute approximate surface area is 209 Å². The van der Waals surface area contributed by atoms with Crippen LogP contribution in [0.2, 0.25) is 0 Å². The highest BCUT2D eigenvalue weighted by atomic mass is 35.5. The molecule has 1 heterocycles. The molecule has 0 spiro atoms. The summed E-state index contributed by atoms with van der Waals surface area (Å²) in [6.07, 6.45) is 0.996. The predicted molar refractivity (Wildman–Crippen MR) is 143 cm³/mol. The second-order valence-corrected chi connectivity index (χ2v) is 9.69. The second-order valence-electron chi connectivity index (χ2n) is 8.29. The Morgan fingerprint density at radius 1 is 0.886 bits per heavy atom. The number of fused-ring (bicyclic) bond motifs is 7. The van der Waals surface area contributed by atoms with Crippen molar-refractivity contribution in [2.45, 2.75) is 32.3 Å². The summed E-state index contributed by atoms with van der Waals surface area (Å²) in [4.78, 5) is 12.2. The van der Waals surface area contributed by atoms with E-state index in [2.05, 4.69) is 24.3 Å². The van der Waals surface area contributed by atoms with Crippen molar-refractivity contribution >= 4 is 69.3 Å². The van der Waals surface area contributed by atoms with Gasteiger partial charge in [-0.3, -0.25) is 9.32 Å². The minimum Gasteiger partial charge on any atom is -0.466 e. The molecule has 0 aliphatic heterocycles. The lowest BCUT2D eigenvalue weighted by Gasteiger charge is -2.14. The normalized spacial score (nSPS) is 12.4. The Bertz CT molecular complexity index is 1450. The largest absolute Gasteiger partial charge is 0.466 e. The van der Waals surface area contributed by atoms with Gasteiger partial charge in [0.25, 0.3) is 0 Å². The number of rotatable bonds is 8. The van der Waals surface area contributed by atoms with Gasteiger partial charge in [-0.25, -0.2) is 0 Å². The van der Waals surface area contributed by atoms with E-state index in [9.17, 15) is 4.79 Å². The van der Waals surface area contributed by atoms with Crippen molar-refractivity contribution in [3.63, 3.8) is 0 Å². The van der Waals surface area contributed by atoms with Crippen LogP contribution in [0.4, 0.5) is 0 Å². The zero-order chi connectivity index (χ0) is 24.2. The molecule has 5 aromatic rings. The van der Waals surface area contributed by atoms with Crippen molar-refractivity contribution in [1.82, 2.24) is 0 Å². The molecule has 0 radical (unpaired) electrons. The van der Waals surface area contributed by atoms with Gasteiger partial charge < -0.3 is 13.1 Å². The Kier molecular flexibility index (Phi) is 7.29. The van der Waals surface area contributed by atoms with Gasteiger partial charge >= 0.3 is 14.2 Å². The first-order valence-electron chi connectivity index (χ1n) is 11.8. The third-order valence-corrected chi connectivity index (χ3v) is 7.40. The van der Waals surface area contributed by atoms with E-state index in [0.717, 1.165) is 32.3 Å². The summed E-state index contributed by atoms with van der Waals surface area (Å²) in [5.74, 6) is 0.168. The molecule has 5 rings (SSSR count). The van der Waals surface area contributed by atoms with E-state index in [0.29, 0.717) is 36.5 Å². The van der Waals surface area contributed by atoms with E-state index >= 15 is 0 Å². The number of alkyl halides is 1. The van der Waals surface area contributed by atoms with Gasteiger partial charge in [0, 0.05) is 16.7 Å². The smallest absolute Gasteiger partial charge is 0.387 e.